The maximum atomic E-state index is 14.8. The number of Topliss-reactive ketones (excluding diaryl/α,β-unsaturated/α-hetero) is 3. The molecule has 99 heavy (non-hydrogen) atoms. The number of nitrogens with one attached hydrogen (secondary N) is 3. The zero-order chi connectivity index (χ0) is 71.5. The highest BCUT2D eigenvalue weighted by Gasteiger charge is 2.37. The van der Waals surface area contributed by atoms with E-state index in [1.165, 1.54) is 424 Å². The quantitative estimate of drug-likeness (QED) is 0.0515. The Morgan fingerprint density at radius 1 is 0.172 bits per heavy atom. The predicted octanol–water partition coefficient (Wildman–Crippen LogP) is 26.4. The Labute approximate surface area is 621 Å². The van der Waals surface area contributed by atoms with Crippen LogP contribution in [0.4, 0.5) is 0 Å². The van der Waals surface area contributed by atoms with Gasteiger partial charge in [0.15, 0.2) is 17.3 Å². The minimum Gasteiger partial charge on any atom is -0.303 e. The van der Waals surface area contributed by atoms with E-state index in [9.17, 15) is 14.4 Å². The molecular weight excluding hydrogens is 1210 g/mol. The molecule has 0 spiro atoms. The first-order valence-electron chi connectivity index (χ1n) is 45.9. The second-order valence-electron chi connectivity index (χ2n) is 32.2. The van der Waals surface area contributed by atoms with Crippen molar-refractivity contribution in [3.8, 4) is 0 Å². The van der Waals surface area contributed by atoms with E-state index in [4.69, 9.17) is 0 Å². The molecule has 3 N–H and O–H groups in total. The molecule has 1 heterocycles. The van der Waals surface area contributed by atoms with Crippen molar-refractivity contribution < 1.29 is 14.4 Å². The molecule has 0 atom stereocenters. The molecule has 0 aromatic carbocycles. The molecule has 1 aliphatic heterocycles. The first-order chi connectivity index (χ1) is 48.8. The summed E-state index contributed by atoms with van der Waals surface area (Å²) < 4.78 is 0. The average molecular weight is 1390 g/mol. The molecule has 1 aliphatic rings. The van der Waals surface area contributed by atoms with E-state index in [0.717, 1.165) is 58.9 Å². The molecule has 0 unspecified atom stereocenters. The summed E-state index contributed by atoms with van der Waals surface area (Å²) in [6.07, 6.45) is 87.2. The molecule has 0 aromatic rings. The van der Waals surface area contributed by atoms with Crippen LogP contribution in [0.5, 0.6) is 0 Å². The number of unbranched alkanes of at least 4 members (excludes halogenated alkanes) is 60. The van der Waals surface area contributed by atoms with Crippen molar-refractivity contribution in [2.45, 2.75) is 503 Å². The second-order valence-corrected chi connectivity index (χ2v) is 32.2. The summed E-state index contributed by atoms with van der Waals surface area (Å²) in [5, 5.41) is 10.6. The molecule has 0 aliphatic carbocycles. The van der Waals surface area contributed by atoms with Gasteiger partial charge in [-0.05, 0) is 77.8 Å². The molecule has 0 radical (unpaired) electrons. The molecule has 0 aromatic heterocycles. The van der Waals surface area contributed by atoms with E-state index in [-0.39, 0.29) is 17.3 Å². The molecule has 588 valence electrons. The minimum absolute atomic E-state index is 0.0826. The topological polar surface area (TPSA) is 97.0 Å². The van der Waals surface area contributed by atoms with Crippen LogP contribution in [0, 0.1) is 0 Å². The Balaban J connectivity index is 3.29. The van der Waals surface area contributed by atoms with Gasteiger partial charge in [0, 0.05) is 38.9 Å². The van der Waals surface area contributed by atoms with Crippen molar-refractivity contribution in [3.05, 3.63) is 0 Å². The van der Waals surface area contributed by atoms with E-state index in [0.29, 0.717) is 19.3 Å². The van der Waals surface area contributed by atoms with Gasteiger partial charge in [-0.1, -0.05) is 427 Å². The van der Waals surface area contributed by atoms with Gasteiger partial charge in [0.1, 0.15) is 18.5 Å². The van der Waals surface area contributed by atoms with Gasteiger partial charge in [0.05, 0.1) is 0 Å². The van der Waals surface area contributed by atoms with Crippen LogP contribution in [0.25, 0.3) is 0 Å². The minimum atomic E-state index is -0.743. The van der Waals surface area contributed by atoms with Crippen molar-refractivity contribution >= 4 is 17.3 Å². The number of rotatable bonds is 84. The van der Waals surface area contributed by atoms with Crippen molar-refractivity contribution in [1.82, 2.24) is 30.7 Å². The van der Waals surface area contributed by atoms with E-state index in [1.54, 1.807) is 0 Å². The van der Waals surface area contributed by atoms with Gasteiger partial charge in [-0.2, -0.15) is 0 Å². The molecule has 0 amide bonds. The fourth-order valence-electron chi connectivity index (χ4n) is 15.4. The molecule has 1 rings (SSSR count). The molecule has 1 saturated heterocycles. The second kappa shape index (κ2) is 77.9. The van der Waals surface area contributed by atoms with E-state index in [2.05, 4.69) is 72.2 Å². The number of hydrogen-bond donors (Lipinski definition) is 3. The third-order valence-corrected chi connectivity index (χ3v) is 22.5. The standard InChI is InChI=1S/C90H180N6O3/c1-7-13-19-25-31-37-43-49-55-61-67-76-94(77-68-62-56-50-44-38-32-26-20-14-8-2)82-73-85(97)88-91-89(86(98)74-83-95(78-69-63-57-51-45-39-33-27-21-15-9-3)79-70-64-58-52-46-40-34-28-22-16-10-4)93-90(92-88)87(99)75-84-96(80-71-65-59-53-47-41-35-29-23-17-11-5)81-72-66-60-54-48-42-36-30-24-18-12-6/h88-93H,7-84H2,1-6H3. The number of carbonyl (C=O) groups is 3. The lowest BCUT2D eigenvalue weighted by Gasteiger charge is -2.37. The number of hydrogen-bond acceptors (Lipinski definition) is 9. The number of carbonyl (C=O) groups excluding carboxylic acids is 3. The van der Waals surface area contributed by atoms with Crippen LogP contribution < -0.4 is 16.0 Å². The summed E-state index contributed by atoms with van der Waals surface area (Å²) in [7, 11) is 0. The normalized spacial score (nSPS) is 15.1. The van der Waals surface area contributed by atoms with Crippen LogP contribution in [0.3, 0.4) is 0 Å². The fourth-order valence-corrected chi connectivity index (χ4v) is 15.4. The predicted molar refractivity (Wildman–Crippen MR) is 438 cm³/mol. The number of nitrogens with zero attached hydrogens (tertiary/aromatic N) is 3. The van der Waals surface area contributed by atoms with E-state index < -0.39 is 18.5 Å². The Hall–Kier alpha value is -1.23. The SMILES string of the molecule is CCCCCCCCCCCCCN(CCCCCCCCCCCCC)CCC(=O)C1NC(C(=O)CCN(CCCCCCCCCCCCC)CCCCCCCCCCCCC)NC(C(=O)CCN(CCCCCCCCCCCCC)CCCCCCCCCCCCC)N1. The van der Waals surface area contributed by atoms with Crippen LogP contribution in [0.2, 0.25) is 0 Å². The summed E-state index contributed by atoms with van der Waals surface area (Å²) in [6.45, 7) is 22.3. The third-order valence-electron chi connectivity index (χ3n) is 22.5. The fraction of sp³-hybridized carbons (Fsp3) is 0.967. The molecule has 0 bridgehead atoms. The Bertz CT molecular complexity index is 1380. The molecular formula is C90H180N6O3. The lowest BCUT2D eigenvalue weighted by molar-refractivity contribution is -0.130. The van der Waals surface area contributed by atoms with Gasteiger partial charge in [0.2, 0.25) is 0 Å². The molecule has 9 nitrogen and oxygen atoms in total. The molecule has 9 heteroatoms. The maximum absolute atomic E-state index is 14.8. The van der Waals surface area contributed by atoms with Gasteiger partial charge in [-0.3, -0.25) is 30.3 Å². The summed E-state index contributed by atoms with van der Waals surface area (Å²) in [5.74, 6) is 0.248. The van der Waals surface area contributed by atoms with Gasteiger partial charge in [0.25, 0.3) is 0 Å². The van der Waals surface area contributed by atoms with Crippen LogP contribution in [-0.4, -0.2) is 109 Å². The summed E-state index contributed by atoms with van der Waals surface area (Å²) in [5.41, 5.74) is 0. The summed E-state index contributed by atoms with van der Waals surface area (Å²) >= 11 is 0. The van der Waals surface area contributed by atoms with Gasteiger partial charge < -0.3 is 14.7 Å². The zero-order valence-corrected chi connectivity index (χ0v) is 68.5. The molecule has 0 saturated carbocycles. The van der Waals surface area contributed by atoms with Crippen molar-refractivity contribution in [3.63, 3.8) is 0 Å². The van der Waals surface area contributed by atoms with Gasteiger partial charge in [-0.25, -0.2) is 0 Å². The van der Waals surface area contributed by atoms with E-state index in [1.807, 2.05) is 0 Å². The van der Waals surface area contributed by atoms with Crippen molar-refractivity contribution in [2.75, 3.05) is 58.9 Å². The maximum Gasteiger partial charge on any atom is 0.165 e. The largest absolute Gasteiger partial charge is 0.303 e. The van der Waals surface area contributed by atoms with Crippen LogP contribution in [-0.2, 0) is 14.4 Å². The lowest BCUT2D eigenvalue weighted by Crippen LogP contribution is -2.73. The summed E-state index contributed by atoms with van der Waals surface area (Å²) in [4.78, 5) is 52.2. The lowest BCUT2D eigenvalue weighted by atomic mass is 10.0. The van der Waals surface area contributed by atoms with E-state index >= 15 is 0 Å². The molecule has 1 fully saturated rings. The first kappa shape index (κ1) is 95.8. The zero-order valence-electron chi connectivity index (χ0n) is 68.5. The van der Waals surface area contributed by atoms with Crippen LogP contribution in [0.15, 0.2) is 0 Å². The average Bonchev–Trinajstić information content (AvgIpc) is 0.838. The highest BCUT2D eigenvalue weighted by molar-refractivity contribution is 5.91. The highest BCUT2D eigenvalue weighted by atomic mass is 16.1. The number of ketones is 3. The Morgan fingerprint density at radius 2 is 0.283 bits per heavy atom. The van der Waals surface area contributed by atoms with Crippen molar-refractivity contribution in [1.29, 1.82) is 0 Å². The monoisotopic (exact) mass is 1390 g/mol. The van der Waals surface area contributed by atoms with Crippen LogP contribution in [0.1, 0.15) is 485 Å². The van der Waals surface area contributed by atoms with Crippen LogP contribution >= 0.6 is 0 Å². The Kier molecular flexibility index (Phi) is 75.3. The summed E-state index contributed by atoms with van der Waals surface area (Å²) in [6, 6.07) is 0. The highest BCUT2D eigenvalue weighted by Crippen LogP contribution is 2.20. The van der Waals surface area contributed by atoms with Crippen molar-refractivity contribution in [2.24, 2.45) is 0 Å². The smallest absolute Gasteiger partial charge is 0.165 e. The Morgan fingerprint density at radius 3 is 0.404 bits per heavy atom. The first-order valence-corrected chi connectivity index (χ1v) is 45.9. The third kappa shape index (κ3) is 64.8. The van der Waals surface area contributed by atoms with Gasteiger partial charge in [-0.15, -0.1) is 0 Å². The van der Waals surface area contributed by atoms with Gasteiger partial charge >= 0.3 is 0 Å².